The van der Waals surface area contributed by atoms with Crippen LogP contribution in [0.1, 0.15) is 174 Å². The van der Waals surface area contributed by atoms with Crippen LogP contribution in [-0.2, 0) is 28.9 Å². The topological polar surface area (TPSA) is 212 Å². The largest absolute Gasteiger partial charge is 0.397 e. The van der Waals surface area contributed by atoms with Crippen LogP contribution in [0.25, 0.3) is 0 Å². The second-order valence-corrected chi connectivity index (χ2v) is 16.1. The lowest BCUT2D eigenvalue weighted by Crippen LogP contribution is -2.61. The Morgan fingerprint density at radius 3 is 1.67 bits per heavy atom. The first-order valence-electron chi connectivity index (χ1n) is 21.2. The summed E-state index contributed by atoms with van der Waals surface area (Å²) in [6.45, 7) is 3.15. The number of carbonyl (C=O) groups is 1. The van der Waals surface area contributed by atoms with Gasteiger partial charge in [0, 0.05) is 0 Å². The van der Waals surface area contributed by atoms with Gasteiger partial charge in [-0.1, -0.05) is 167 Å². The van der Waals surface area contributed by atoms with Gasteiger partial charge in [-0.2, -0.15) is 8.42 Å². The molecule has 13 nitrogen and oxygen atoms in total. The molecule has 0 aromatic rings. The van der Waals surface area contributed by atoms with Crippen molar-refractivity contribution >= 4 is 16.3 Å². The number of ether oxygens (including phenoxy) is 2. The van der Waals surface area contributed by atoms with E-state index in [9.17, 15) is 38.7 Å². The molecule has 54 heavy (non-hydrogen) atoms. The first-order chi connectivity index (χ1) is 25.9. The van der Waals surface area contributed by atoms with E-state index in [0.717, 1.165) is 44.9 Å². The van der Waals surface area contributed by atoms with E-state index >= 15 is 0 Å². The molecule has 1 fully saturated rings. The highest BCUT2D eigenvalue weighted by atomic mass is 32.3. The zero-order valence-electron chi connectivity index (χ0n) is 33.4. The van der Waals surface area contributed by atoms with E-state index in [1.165, 1.54) is 102 Å². The molecule has 0 bridgehead atoms. The number of allylic oxidation sites excluding steroid dienone is 1. The summed E-state index contributed by atoms with van der Waals surface area (Å²) in [5, 5.41) is 54.8. The van der Waals surface area contributed by atoms with E-state index in [2.05, 4.69) is 23.3 Å². The predicted octanol–water partition coefficient (Wildman–Crippen LogP) is 6.19. The number of hydrogen-bond acceptors (Lipinski definition) is 11. The Morgan fingerprint density at radius 1 is 0.741 bits per heavy atom. The Labute approximate surface area is 326 Å². The van der Waals surface area contributed by atoms with Gasteiger partial charge in [-0.3, -0.25) is 9.35 Å². The average molecular weight is 796 g/mol. The number of nitrogens with one attached hydrogen (secondary N) is 1. The molecule has 0 aromatic heterocycles. The second-order valence-electron chi connectivity index (χ2n) is 15.1. The van der Waals surface area contributed by atoms with E-state index < -0.39 is 78.5 Å². The maximum absolute atomic E-state index is 13.0. The number of carbonyl (C=O) groups excluding carboxylic acids is 1. The molecule has 1 aliphatic heterocycles. The normalized spacial score (nSPS) is 22.4. The fraction of sp³-hybridized carbons (Fsp3) is 0.925. The van der Waals surface area contributed by atoms with Crippen LogP contribution < -0.4 is 5.32 Å². The predicted molar refractivity (Wildman–Crippen MR) is 210 cm³/mol. The van der Waals surface area contributed by atoms with E-state index in [-0.39, 0.29) is 6.42 Å². The molecule has 0 saturated carbocycles. The second kappa shape index (κ2) is 31.8. The lowest BCUT2D eigenvalue weighted by Gasteiger charge is -2.41. The minimum Gasteiger partial charge on any atom is -0.394 e. The number of amides is 1. The number of aliphatic hydroxyl groups is 5. The molecule has 1 aliphatic rings. The quantitative estimate of drug-likeness (QED) is 0.0218. The summed E-state index contributed by atoms with van der Waals surface area (Å²) in [4.78, 5) is 13.0. The Hall–Kier alpha value is -1.20. The fourth-order valence-corrected chi connectivity index (χ4v) is 7.26. The third kappa shape index (κ3) is 24.4. The maximum Gasteiger partial charge on any atom is 0.397 e. The molecule has 0 spiro atoms. The van der Waals surface area contributed by atoms with E-state index in [1.54, 1.807) is 6.08 Å². The summed E-state index contributed by atoms with van der Waals surface area (Å²) in [6, 6.07) is -1.11. The molecule has 1 saturated heterocycles. The van der Waals surface area contributed by atoms with Crippen LogP contribution in [0.4, 0.5) is 0 Å². The van der Waals surface area contributed by atoms with Gasteiger partial charge in [-0.15, -0.1) is 0 Å². The van der Waals surface area contributed by atoms with Gasteiger partial charge >= 0.3 is 10.4 Å². The van der Waals surface area contributed by atoms with Crippen LogP contribution in [-0.4, -0.2) is 107 Å². The molecular weight excluding hydrogens is 719 g/mol. The van der Waals surface area contributed by atoms with Gasteiger partial charge in [0.2, 0.25) is 5.91 Å². The van der Waals surface area contributed by atoms with Gasteiger partial charge in [-0.25, -0.2) is 4.18 Å². The molecule has 320 valence electrons. The van der Waals surface area contributed by atoms with Crippen molar-refractivity contribution in [3.05, 3.63) is 12.2 Å². The van der Waals surface area contributed by atoms with Crippen molar-refractivity contribution in [1.82, 2.24) is 5.32 Å². The molecule has 1 heterocycles. The summed E-state index contributed by atoms with van der Waals surface area (Å²) in [7, 11) is -5.11. The number of unbranched alkanes of at least 4 members (excludes halogenated alkanes) is 22. The van der Waals surface area contributed by atoms with Gasteiger partial charge in [0.05, 0.1) is 25.4 Å². The van der Waals surface area contributed by atoms with Gasteiger partial charge in [-0.05, 0) is 19.3 Å². The summed E-state index contributed by atoms with van der Waals surface area (Å²) in [5.74, 6) is -0.704. The molecule has 0 aliphatic carbocycles. The van der Waals surface area contributed by atoms with E-state index in [4.69, 9.17) is 14.0 Å². The van der Waals surface area contributed by atoms with Crippen molar-refractivity contribution in [3.8, 4) is 0 Å². The van der Waals surface area contributed by atoms with Crippen LogP contribution in [0.3, 0.4) is 0 Å². The molecular formula is C40H77NO12S. The summed E-state index contributed by atoms with van der Waals surface area (Å²) < 4.78 is 47.2. The third-order valence-corrected chi connectivity index (χ3v) is 10.6. The molecule has 1 rings (SSSR count). The first kappa shape index (κ1) is 50.8. The molecule has 8 atom stereocenters. The Morgan fingerprint density at radius 2 is 1.20 bits per heavy atom. The highest BCUT2D eigenvalue weighted by molar-refractivity contribution is 7.80. The summed E-state index contributed by atoms with van der Waals surface area (Å²) in [6.07, 6.45) is 20.4. The molecule has 14 heteroatoms. The average Bonchev–Trinajstić information content (AvgIpc) is 3.14. The minimum absolute atomic E-state index is 0.247. The van der Waals surface area contributed by atoms with Gasteiger partial charge < -0.3 is 40.3 Å². The van der Waals surface area contributed by atoms with E-state index in [1.807, 2.05) is 0 Å². The standard InChI is InChI=1S/C40H77NO12S/c1-3-5-7-9-11-13-14-15-16-17-18-19-20-21-23-25-27-29-34(44)39(47)41-32(33(43)28-26-24-22-12-10-8-6-4-2)31-51-40-37(46)38(53-54(48,49)50)36(45)35(30-42)52-40/h26,28,32-38,40,42-46H,3-25,27,29-31H2,1-2H3,(H,41,47)(H,48,49,50)/b28-26+. The highest BCUT2D eigenvalue weighted by Gasteiger charge is 2.48. The maximum atomic E-state index is 13.0. The van der Waals surface area contributed by atoms with Crippen molar-refractivity contribution in [2.45, 2.75) is 223 Å². The van der Waals surface area contributed by atoms with Crippen LogP contribution in [0, 0.1) is 0 Å². The van der Waals surface area contributed by atoms with E-state index in [0.29, 0.717) is 12.8 Å². The van der Waals surface area contributed by atoms with Crippen molar-refractivity contribution in [2.24, 2.45) is 0 Å². The zero-order valence-corrected chi connectivity index (χ0v) is 34.2. The van der Waals surface area contributed by atoms with Crippen LogP contribution >= 0.6 is 0 Å². The number of rotatable bonds is 35. The van der Waals surface area contributed by atoms with Crippen LogP contribution in [0.2, 0.25) is 0 Å². The fourth-order valence-electron chi connectivity index (χ4n) is 6.75. The highest BCUT2D eigenvalue weighted by Crippen LogP contribution is 2.26. The lowest BCUT2D eigenvalue weighted by molar-refractivity contribution is -0.298. The minimum atomic E-state index is -5.11. The Bertz CT molecular complexity index is 1050. The van der Waals surface area contributed by atoms with Crippen LogP contribution in [0.5, 0.6) is 0 Å². The SMILES string of the molecule is CCCCCCCC/C=C/C(O)C(COC1OC(CO)C(O)C(OS(=O)(=O)O)C1O)NC(=O)C(O)CCCCCCCCCCCCCCCCCCC. The summed E-state index contributed by atoms with van der Waals surface area (Å²) in [5.41, 5.74) is 0. The monoisotopic (exact) mass is 796 g/mol. The molecule has 0 radical (unpaired) electrons. The number of aliphatic hydroxyl groups excluding tert-OH is 5. The van der Waals surface area contributed by atoms with Gasteiger partial charge in [0.15, 0.2) is 6.29 Å². The molecule has 8 unspecified atom stereocenters. The van der Waals surface area contributed by atoms with Gasteiger partial charge in [0.25, 0.3) is 0 Å². The van der Waals surface area contributed by atoms with Gasteiger partial charge in [0.1, 0.15) is 30.5 Å². The smallest absolute Gasteiger partial charge is 0.394 e. The Balaban J connectivity index is 2.55. The van der Waals surface area contributed by atoms with Crippen molar-refractivity contribution in [2.75, 3.05) is 13.2 Å². The molecule has 7 N–H and O–H groups in total. The molecule has 0 aromatic carbocycles. The number of hydrogen-bond donors (Lipinski definition) is 7. The summed E-state index contributed by atoms with van der Waals surface area (Å²) >= 11 is 0. The van der Waals surface area contributed by atoms with Crippen molar-refractivity contribution in [1.29, 1.82) is 0 Å². The Kier molecular flexibility index (Phi) is 30.0. The third-order valence-electron chi connectivity index (χ3n) is 10.2. The van der Waals surface area contributed by atoms with Crippen LogP contribution in [0.15, 0.2) is 12.2 Å². The lowest BCUT2D eigenvalue weighted by atomic mass is 9.99. The van der Waals surface area contributed by atoms with Crippen molar-refractivity contribution < 1.29 is 57.0 Å². The zero-order chi connectivity index (χ0) is 40.0. The first-order valence-corrected chi connectivity index (χ1v) is 22.5. The molecule has 1 amide bonds. The van der Waals surface area contributed by atoms with Crippen molar-refractivity contribution in [3.63, 3.8) is 0 Å².